The Morgan fingerprint density at radius 2 is 2.24 bits per heavy atom. The lowest BCUT2D eigenvalue weighted by molar-refractivity contribution is 0.0840. The summed E-state index contributed by atoms with van der Waals surface area (Å²) in [5.74, 6) is 0.584. The minimum Gasteiger partial charge on any atom is -0.481 e. The molecule has 0 aromatic carbocycles. The Kier molecular flexibility index (Phi) is 5.03. The number of pyridine rings is 1. The van der Waals surface area contributed by atoms with Gasteiger partial charge in [0.05, 0.1) is 24.5 Å². The third-order valence-electron chi connectivity index (χ3n) is 4.80. The van der Waals surface area contributed by atoms with Crippen LogP contribution >= 0.6 is 0 Å². The summed E-state index contributed by atoms with van der Waals surface area (Å²) in [5.41, 5.74) is 3.76. The molecular formula is C18H24N4O3. The lowest BCUT2D eigenvalue weighted by Crippen LogP contribution is -2.30. The lowest BCUT2D eigenvalue weighted by atomic mass is 9.94. The molecule has 1 aliphatic rings. The molecule has 1 amide bonds. The summed E-state index contributed by atoms with van der Waals surface area (Å²) in [5, 5.41) is 7.47. The number of rotatable bonds is 5. The van der Waals surface area contributed by atoms with E-state index < -0.39 is 0 Å². The van der Waals surface area contributed by atoms with Crippen LogP contribution in [-0.2, 0) is 11.8 Å². The number of hydrogen-bond acceptors (Lipinski definition) is 5. The fourth-order valence-corrected chi connectivity index (χ4v) is 3.32. The molecule has 25 heavy (non-hydrogen) atoms. The molecule has 7 nitrogen and oxygen atoms in total. The van der Waals surface area contributed by atoms with Gasteiger partial charge in [0.1, 0.15) is 0 Å². The first-order valence-corrected chi connectivity index (χ1v) is 8.41. The van der Waals surface area contributed by atoms with E-state index in [1.807, 2.05) is 18.7 Å². The number of aryl methyl sites for hydroxylation is 2. The van der Waals surface area contributed by atoms with E-state index in [0.29, 0.717) is 24.6 Å². The van der Waals surface area contributed by atoms with Crippen LogP contribution in [-0.4, -0.2) is 40.9 Å². The van der Waals surface area contributed by atoms with Crippen LogP contribution in [0.4, 0.5) is 0 Å². The quantitative estimate of drug-likeness (QED) is 0.897. The van der Waals surface area contributed by atoms with Crippen LogP contribution in [0.1, 0.15) is 39.8 Å². The highest BCUT2D eigenvalue weighted by atomic mass is 16.5. The van der Waals surface area contributed by atoms with Gasteiger partial charge in [-0.2, -0.15) is 5.10 Å². The number of amides is 1. The van der Waals surface area contributed by atoms with Gasteiger partial charge in [0, 0.05) is 49.6 Å². The Hall–Kier alpha value is -2.41. The maximum atomic E-state index is 12.3. The highest BCUT2D eigenvalue weighted by molar-refractivity contribution is 5.93. The van der Waals surface area contributed by atoms with Gasteiger partial charge in [0.25, 0.3) is 5.91 Å². The lowest BCUT2D eigenvalue weighted by Gasteiger charge is -2.20. The first-order valence-electron chi connectivity index (χ1n) is 8.41. The zero-order chi connectivity index (χ0) is 18.0. The Bertz CT molecular complexity index is 754. The maximum Gasteiger partial charge on any atom is 0.252 e. The molecule has 2 atom stereocenters. The summed E-state index contributed by atoms with van der Waals surface area (Å²) in [7, 11) is 3.49. The predicted molar refractivity (Wildman–Crippen MR) is 92.6 cm³/mol. The minimum absolute atomic E-state index is 0.0250. The van der Waals surface area contributed by atoms with Crippen molar-refractivity contribution in [3.63, 3.8) is 0 Å². The smallest absolute Gasteiger partial charge is 0.252 e. The van der Waals surface area contributed by atoms with Crippen LogP contribution in [0, 0.1) is 19.8 Å². The van der Waals surface area contributed by atoms with E-state index in [9.17, 15) is 4.79 Å². The van der Waals surface area contributed by atoms with Crippen LogP contribution in [0.25, 0.3) is 0 Å². The van der Waals surface area contributed by atoms with Crippen LogP contribution < -0.4 is 10.1 Å². The Labute approximate surface area is 147 Å². The number of carbonyl (C=O) groups excluding carboxylic acids is 1. The molecule has 0 saturated carbocycles. The molecular weight excluding hydrogens is 320 g/mol. The van der Waals surface area contributed by atoms with Crippen molar-refractivity contribution in [3.8, 4) is 5.88 Å². The fourth-order valence-electron chi connectivity index (χ4n) is 3.32. The molecule has 7 heteroatoms. The molecule has 1 N–H and O–H groups in total. The van der Waals surface area contributed by atoms with Crippen molar-refractivity contribution >= 4 is 5.91 Å². The normalized spacial score (nSPS) is 19.8. The van der Waals surface area contributed by atoms with E-state index in [1.165, 1.54) is 6.20 Å². The third-order valence-corrected chi connectivity index (χ3v) is 4.80. The molecule has 1 saturated heterocycles. The zero-order valence-corrected chi connectivity index (χ0v) is 15.1. The second kappa shape index (κ2) is 7.23. The van der Waals surface area contributed by atoms with Gasteiger partial charge in [-0.05, 0) is 26.3 Å². The van der Waals surface area contributed by atoms with Crippen molar-refractivity contribution in [1.29, 1.82) is 0 Å². The number of nitrogens with one attached hydrogen (secondary N) is 1. The third kappa shape index (κ3) is 3.51. The Morgan fingerprint density at radius 1 is 1.44 bits per heavy atom. The van der Waals surface area contributed by atoms with Gasteiger partial charge in [0.15, 0.2) is 0 Å². The minimum atomic E-state index is -0.138. The summed E-state index contributed by atoms with van der Waals surface area (Å²) in [4.78, 5) is 16.4. The summed E-state index contributed by atoms with van der Waals surface area (Å²) in [6.45, 7) is 5.31. The highest BCUT2D eigenvalue weighted by Crippen LogP contribution is 2.37. The average Bonchev–Trinajstić information content (AvgIpc) is 3.16. The number of ether oxygens (including phenoxy) is 2. The van der Waals surface area contributed by atoms with E-state index in [2.05, 4.69) is 22.3 Å². The van der Waals surface area contributed by atoms with Crippen molar-refractivity contribution in [1.82, 2.24) is 20.1 Å². The molecule has 0 spiro atoms. The van der Waals surface area contributed by atoms with Gasteiger partial charge in [-0.3, -0.25) is 9.48 Å². The summed E-state index contributed by atoms with van der Waals surface area (Å²) >= 11 is 0. The number of carbonyl (C=O) groups is 1. The van der Waals surface area contributed by atoms with Gasteiger partial charge < -0.3 is 14.8 Å². The fraction of sp³-hybridized carbons (Fsp3) is 0.500. The SMILES string of the molecule is COc1ccc(C(=O)NC[C@H]2CCO[C@@H]2c2c(C)nn(C)c2C)cn1. The van der Waals surface area contributed by atoms with Gasteiger partial charge >= 0.3 is 0 Å². The van der Waals surface area contributed by atoms with Crippen molar-refractivity contribution in [3.05, 3.63) is 40.8 Å². The molecule has 1 fully saturated rings. The van der Waals surface area contributed by atoms with E-state index in [-0.39, 0.29) is 17.9 Å². The molecule has 2 aromatic heterocycles. The number of aromatic nitrogens is 3. The van der Waals surface area contributed by atoms with Gasteiger partial charge in [0.2, 0.25) is 5.88 Å². The van der Waals surface area contributed by atoms with Crippen molar-refractivity contribution in [2.45, 2.75) is 26.4 Å². The molecule has 0 radical (unpaired) electrons. The topological polar surface area (TPSA) is 78.3 Å². The van der Waals surface area contributed by atoms with E-state index >= 15 is 0 Å². The van der Waals surface area contributed by atoms with Crippen LogP contribution in [0.3, 0.4) is 0 Å². The van der Waals surface area contributed by atoms with E-state index in [1.54, 1.807) is 19.2 Å². The maximum absolute atomic E-state index is 12.3. The Morgan fingerprint density at radius 3 is 2.84 bits per heavy atom. The van der Waals surface area contributed by atoms with Gasteiger partial charge in [-0.25, -0.2) is 4.98 Å². The molecule has 3 heterocycles. The van der Waals surface area contributed by atoms with Crippen molar-refractivity contribution in [2.24, 2.45) is 13.0 Å². The second-order valence-corrected chi connectivity index (χ2v) is 6.35. The average molecular weight is 344 g/mol. The second-order valence-electron chi connectivity index (χ2n) is 6.35. The van der Waals surface area contributed by atoms with Crippen molar-refractivity contribution in [2.75, 3.05) is 20.3 Å². The van der Waals surface area contributed by atoms with Crippen molar-refractivity contribution < 1.29 is 14.3 Å². The monoisotopic (exact) mass is 344 g/mol. The largest absolute Gasteiger partial charge is 0.481 e. The molecule has 134 valence electrons. The Balaban J connectivity index is 1.66. The van der Waals surface area contributed by atoms with Gasteiger partial charge in [-0.15, -0.1) is 0 Å². The zero-order valence-electron chi connectivity index (χ0n) is 15.1. The predicted octanol–water partition coefficient (Wildman–Crippen LogP) is 1.95. The number of methoxy groups -OCH3 is 1. The number of nitrogens with zero attached hydrogens (tertiary/aromatic N) is 3. The van der Waals surface area contributed by atoms with E-state index in [4.69, 9.17) is 9.47 Å². The van der Waals surface area contributed by atoms with Crippen LogP contribution in [0.5, 0.6) is 5.88 Å². The first kappa shape index (κ1) is 17.4. The van der Waals surface area contributed by atoms with Crippen LogP contribution in [0.2, 0.25) is 0 Å². The number of hydrogen-bond donors (Lipinski definition) is 1. The summed E-state index contributed by atoms with van der Waals surface area (Å²) in [6.07, 6.45) is 2.41. The van der Waals surface area contributed by atoms with Gasteiger partial charge in [-0.1, -0.05) is 0 Å². The standard InChI is InChI=1S/C18H24N4O3/c1-11-16(12(2)22(3)21-11)17-13(7-8-25-17)9-20-18(23)14-5-6-15(24-4)19-10-14/h5-6,10,13,17H,7-9H2,1-4H3,(H,20,23)/t13-,17+/m1/s1. The van der Waals surface area contributed by atoms with Crippen LogP contribution in [0.15, 0.2) is 18.3 Å². The molecule has 3 rings (SSSR count). The molecule has 2 aromatic rings. The first-order chi connectivity index (χ1) is 12.0. The summed E-state index contributed by atoms with van der Waals surface area (Å²) in [6, 6.07) is 3.39. The molecule has 0 aliphatic carbocycles. The highest BCUT2D eigenvalue weighted by Gasteiger charge is 2.33. The molecule has 0 bridgehead atoms. The molecule has 0 unspecified atom stereocenters. The van der Waals surface area contributed by atoms with E-state index in [0.717, 1.165) is 23.4 Å². The summed E-state index contributed by atoms with van der Waals surface area (Å²) < 4.78 is 12.9. The molecule has 1 aliphatic heterocycles.